The number of hydrogen-bond acceptors (Lipinski definition) is 4. The number of benzene rings is 1. The van der Waals surface area contributed by atoms with E-state index in [0.29, 0.717) is 21.8 Å². The van der Waals surface area contributed by atoms with Crippen molar-refractivity contribution in [2.24, 2.45) is 0 Å². The van der Waals surface area contributed by atoms with Crippen molar-refractivity contribution >= 4 is 29.1 Å². The van der Waals surface area contributed by atoms with E-state index >= 15 is 0 Å². The number of Topliss-reactive ketones (excluding diaryl/α,β-unsaturated/α-hetero) is 1. The Labute approximate surface area is 155 Å². The highest BCUT2D eigenvalue weighted by molar-refractivity contribution is 7.99. The lowest BCUT2D eigenvalue weighted by Crippen LogP contribution is -2.06. The molecule has 0 aliphatic rings. The summed E-state index contributed by atoms with van der Waals surface area (Å²) in [5.74, 6) is 1.07. The highest BCUT2D eigenvalue weighted by Gasteiger charge is 2.16. The van der Waals surface area contributed by atoms with Crippen LogP contribution < -0.4 is 0 Å². The van der Waals surface area contributed by atoms with E-state index in [2.05, 4.69) is 26.7 Å². The molecule has 0 unspecified atom stereocenters. The van der Waals surface area contributed by atoms with Gasteiger partial charge in [-0.05, 0) is 51.1 Å². The minimum Gasteiger partial charge on any atom is -0.349 e. The van der Waals surface area contributed by atoms with Crippen LogP contribution in [0.3, 0.4) is 0 Å². The molecule has 7 heteroatoms. The number of hydrogen-bond donors (Lipinski definition) is 1. The van der Waals surface area contributed by atoms with Crippen LogP contribution in [0.2, 0.25) is 5.02 Å². The molecule has 2 heterocycles. The molecule has 5 nitrogen and oxygen atoms in total. The van der Waals surface area contributed by atoms with Crippen molar-refractivity contribution in [3.8, 4) is 11.4 Å². The summed E-state index contributed by atoms with van der Waals surface area (Å²) >= 11 is 7.23. The summed E-state index contributed by atoms with van der Waals surface area (Å²) in [5.41, 5.74) is 3.81. The molecule has 0 aliphatic heterocycles. The first-order valence-corrected chi connectivity index (χ1v) is 9.37. The summed E-state index contributed by atoms with van der Waals surface area (Å²) < 4.78 is 2.14. The van der Waals surface area contributed by atoms with E-state index in [1.54, 1.807) is 12.1 Å². The molecule has 0 saturated heterocycles. The quantitative estimate of drug-likeness (QED) is 0.508. The van der Waals surface area contributed by atoms with Crippen LogP contribution in [0.5, 0.6) is 0 Å². The fourth-order valence-electron chi connectivity index (χ4n) is 2.83. The van der Waals surface area contributed by atoms with Gasteiger partial charge in [0.15, 0.2) is 11.6 Å². The summed E-state index contributed by atoms with van der Waals surface area (Å²) in [7, 11) is 0. The van der Waals surface area contributed by atoms with Gasteiger partial charge < -0.3 is 4.57 Å². The van der Waals surface area contributed by atoms with Crippen molar-refractivity contribution in [1.29, 1.82) is 0 Å². The van der Waals surface area contributed by atoms with Crippen molar-refractivity contribution < 1.29 is 4.79 Å². The number of carbonyl (C=O) groups excluding carboxylic acids is 1. The average molecular weight is 375 g/mol. The molecule has 1 N–H and O–H groups in total. The zero-order valence-electron chi connectivity index (χ0n) is 14.3. The van der Waals surface area contributed by atoms with Crippen molar-refractivity contribution in [2.45, 2.75) is 32.5 Å². The van der Waals surface area contributed by atoms with Crippen LogP contribution in [-0.2, 0) is 6.54 Å². The second kappa shape index (κ2) is 7.45. The Hall–Kier alpha value is -2.05. The maximum atomic E-state index is 12.5. The lowest BCUT2D eigenvalue weighted by molar-refractivity contribution is 0.102. The molecule has 3 rings (SSSR count). The molecule has 0 saturated carbocycles. The van der Waals surface area contributed by atoms with E-state index in [9.17, 15) is 4.79 Å². The number of thioether (sulfide) groups is 1. The van der Waals surface area contributed by atoms with Gasteiger partial charge >= 0.3 is 0 Å². The standard InChI is InChI=1S/C18H19ClN4OS/c1-4-23-11(2)9-15(12(23)3)16(24)10-25-18-20-17(21-22-18)13-5-7-14(19)8-6-13/h5-9H,4,10H2,1-3H3,(H,20,21,22). The average Bonchev–Trinajstić information content (AvgIpc) is 3.18. The second-order valence-corrected chi connectivity index (χ2v) is 7.09. The van der Waals surface area contributed by atoms with E-state index in [1.807, 2.05) is 32.0 Å². The van der Waals surface area contributed by atoms with E-state index in [-0.39, 0.29) is 5.78 Å². The molecule has 1 aromatic carbocycles. The van der Waals surface area contributed by atoms with Crippen molar-refractivity contribution in [2.75, 3.05) is 5.75 Å². The summed E-state index contributed by atoms with van der Waals surface area (Å²) in [5, 5.41) is 8.31. The van der Waals surface area contributed by atoms with Gasteiger partial charge in [-0.25, -0.2) is 4.98 Å². The lowest BCUT2D eigenvalue weighted by Gasteiger charge is -2.05. The predicted molar refractivity (Wildman–Crippen MR) is 101 cm³/mol. The third-order valence-electron chi connectivity index (χ3n) is 4.11. The van der Waals surface area contributed by atoms with Gasteiger partial charge in [-0.1, -0.05) is 23.4 Å². The van der Waals surface area contributed by atoms with Gasteiger partial charge in [-0.3, -0.25) is 9.89 Å². The van der Waals surface area contributed by atoms with Crippen LogP contribution in [0.4, 0.5) is 0 Å². The number of ketones is 1. The topological polar surface area (TPSA) is 63.6 Å². The number of nitrogens with one attached hydrogen (secondary N) is 1. The Kier molecular flexibility index (Phi) is 5.30. The summed E-state index contributed by atoms with van der Waals surface area (Å²) in [6, 6.07) is 9.32. The molecule has 0 aliphatic carbocycles. The largest absolute Gasteiger partial charge is 0.349 e. The van der Waals surface area contributed by atoms with Crippen LogP contribution in [-0.4, -0.2) is 31.3 Å². The van der Waals surface area contributed by atoms with Gasteiger partial charge in [0.2, 0.25) is 5.16 Å². The Morgan fingerprint density at radius 2 is 2.00 bits per heavy atom. The van der Waals surface area contributed by atoms with Crippen LogP contribution in [0, 0.1) is 13.8 Å². The predicted octanol–water partition coefficient (Wildman–Crippen LogP) is 4.54. The number of rotatable bonds is 6. The van der Waals surface area contributed by atoms with Gasteiger partial charge in [0.05, 0.1) is 5.75 Å². The first-order chi connectivity index (χ1) is 12.0. The van der Waals surface area contributed by atoms with Crippen molar-refractivity contribution in [3.63, 3.8) is 0 Å². The third kappa shape index (κ3) is 3.80. The maximum absolute atomic E-state index is 12.5. The molecular formula is C18H19ClN4OS. The normalized spacial score (nSPS) is 11.0. The number of H-pyrrole nitrogens is 1. The molecule has 2 aromatic heterocycles. The molecular weight excluding hydrogens is 356 g/mol. The van der Waals surface area contributed by atoms with E-state index in [1.165, 1.54) is 11.8 Å². The highest BCUT2D eigenvalue weighted by Crippen LogP contribution is 2.23. The Bertz CT molecular complexity index is 898. The Balaban J connectivity index is 1.68. The van der Waals surface area contributed by atoms with Gasteiger partial charge in [0, 0.05) is 34.1 Å². The van der Waals surface area contributed by atoms with Crippen LogP contribution >= 0.6 is 23.4 Å². The fraction of sp³-hybridized carbons (Fsp3) is 0.278. The molecule has 0 amide bonds. The first kappa shape index (κ1) is 17.8. The van der Waals surface area contributed by atoms with E-state index < -0.39 is 0 Å². The molecule has 3 aromatic rings. The van der Waals surface area contributed by atoms with Gasteiger partial charge in [-0.15, -0.1) is 5.10 Å². The van der Waals surface area contributed by atoms with E-state index in [4.69, 9.17) is 11.6 Å². The zero-order chi connectivity index (χ0) is 18.0. The summed E-state index contributed by atoms with van der Waals surface area (Å²) in [6.07, 6.45) is 0. The molecule has 0 radical (unpaired) electrons. The van der Waals surface area contributed by atoms with Gasteiger partial charge in [0.25, 0.3) is 0 Å². The van der Waals surface area contributed by atoms with Gasteiger partial charge in [-0.2, -0.15) is 0 Å². The second-order valence-electron chi connectivity index (χ2n) is 5.71. The number of nitrogens with zero attached hydrogens (tertiary/aromatic N) is 3. The summed E-state index contributed by atoms with van der Waals surface area (Å²) in [6.45, 7) is 6.95. The lowest BCUT2D eigenvalue weighted by atomic mass is 10.2. The Morgan fingerprint density at radius 1 is 1.28 bits per heavy atom. The molecule has 0 spiro atoms. The third-order valence-corrected chi connectivity index (χ3v) is 5.20. The van der Waals surface area contributed by atoms with Crippen molar-refractivity contribution in [3.05, 3.63) is 52.3 Å². The highest BCUT2D eigenvalue weighted by atomic mass is 35.5. The van der Waals surface area contributed by atoms with Crippen LogP contribution in [0.25, 0.3) is 11.4 Å². The number of aromatic nitrogens is 4. The van der Waals surface area contributed by atoms with Crippen molar-refractivity contribution in [1.82, 2.24) is 19.7 Å². The molecule has 25 heavy (non-hydrogen) atoms. The van der Waals surface area contributed by atoms with E-state index in [0.717, 1.165) is 29.1 Å². The number of halogens is 1. The first-order valence-electron chi connectivity index (χ1n) is 8.00. The number of aromatic amines is 1. The van der Waals surface area contributed by atoms with Crippen LogP contribution in [0.15, 0.2) is 35.5 Å². The minimum absolute atomic E-state index is 0.0932. The van der Waals surface area contributed by atoms with Gasteiger partial charge in [0.1, 0.15) is 0 Å². The number of aryl methyl sites for hydroxylation is 1. The molecule has 0 bridgehead atoms. The number of carbonyl (C=O) groups is 1. The zero-order valence-corrected chi connectivity index (χ0v) is 15.9. The molecule has 0 atom stereocenters. The monoisotopic (exact) mass is 374 g/mol. The van der Waals surface area contributed by atoms with Crippen LogP contribution in [0.1, 0.15) is 28.7 Å². The fourth-order valence-corrected chi connectivity index (χ4v) is 3.63. The maximum Gasteiger partial charge on any atom is 0.209 e. The molecule has 0 fully saturated rings. The Morgan fingerprint density at radius 3 is 2.64 bits per heavy atom. The SMILES string of the molecule is CCn1c(C)cc(C(=O)CSc2n[nH]c(-c3ccc(Cl)cc3)n2)c1C. The smallest absolute Gasteiger partial charge is 0.209 e. The molecule has 130 valence electrons. The summed E-state index contributed by atoms with van der Waals surface area (Å²) in [4.78, 5) is 17.0. The minimum atomic E-state index is 0.0932.